The first-order valence-corrected chi connectivity index (χ1v) is 8.51. The van der Waals surface area contributed by atoms with Gasteiger partial charge in [-0.3, -0.25) is 0 Å². The molecule has 126 valence electrons. The summed E-state index contributed by atoms with van der Waals surface area (Å²) in [4.78, 5) is 14.3. The summed E-state index contributed by atoms with van der Waals surface area (Å²) in [5.74, 6) is 2.33. The summed E-state index contributed by atoms with van der Waals surface area (Å²) in [7, 11) is 0. The van der Waals surface area contributed by atoms with Crippen molar-refractivity contribution in [3.05, 3.63) is 42.2 Å². The molecular weight excluding hydrogens is 316 g/mol. The number of piperidine rings is 1. The minimum absolute atomic E-state index is 0.365. The van der Waals surface area contributed by atoms with Gasteiger partial charge < -0.3 is 9.88 Å². The van der Waals surface area contributed by atoms with Gasteiger partial charge in [0.15, 0.2) is 11.5 Å². The fraction of sp³-hybridized carbons (Fsp3) is 0.353. The maximum atomic E-state index is 4.58. The standard InChI is InChI=1S/C17H18N8/c1-11-2-3-14-21-22-16(25(14)23-11)12-5-8-24(9-6-12)17-13-4-7-18-15(13)19-10-20-17/h2-4,7,10,12H,5-6,8-9H2,1H3,(H,18,19,20). The molecule has 0 saturated carbocycles. The summed E-state index contributed by atoms with van der Waals surface area (Å²) in [6.45, 7) is 3.86. The highest BCUT2D eigenvalue weighted by Gasteiger charge is 2.26. The van der Waals surface area contributed by atoms with Crippen molar-refractivity contribution < 1.29 is 0 Å². The first kappa shape index (κ1) is 14.3. The van der Waals surface area contributed by atoms with Crippen LogP contribution in [0.15, 0.2) is 30.7 Å². The van der Waals surface area contributed by atoms with Crippen LogP contribution in [0.4, 0.5) is 5.82 Å². The molecule has 25 heavy (non-hydrogen) atoms. The first-order valence-electron chi connectivity index (χ1n) is 8.51. The third kappa shape index (κ3) is 2.33. The highest BCUT2D eigenvalue weighted by molar-refractivity contribution is 5.87. The van der Waals surface area contributed by atoms with Gasteiger partial charge in [0.05, 0.1) is 11.1 Å². The van der Waals surface area contributed by atoms with Gasteiger partial charge in [-0.2, -0.15) is 9.61 Å². The average molecular weight is 334 g/mol. The third-order valence-corrected chi connectivity index (χ3v) is 4.91. The molecule has 0 aliphatic carbocycles. The van der Waals surface area contributed by atoms with Gasteiger partial charge in [0.25, 0.3) is 0 Å². The van der Waals surface area contributed by atoms with Crippen molar-refractivity contribution in [2.75, 3.05) is 18.0 Å². The molecule has 1 aliphatic rings. The van der Waals surface area contributed by atoms with Crippen molar-refractivity contribution in [2.24, 2.45) is 0 Å². The number of aryl methyl sites for hydroxylation is 1. The van der Waals surface area contributed by atoms with Crippen LogP contribution in [0.1, 0.15) is 30.3 Å². The Kier molecular flexibility index (Phi) is 3.16. The van der Waals surface area contributed by atoms with Crippen molar-refractivity contribution in [3.63, 3.8) is 0 Å². The van der Waals surface area contributed by atoms with E-state index in [4.69, 9.17) is 0 Å². The molecule has 0 amide bonds. The second-order valence-electron chi connectivity index (χ2n) is 6.50. The number of anilines is 1. The van der Waals surface area contributed by atoms with Gasteiger partial charge in [-0.1, -0.05) is 0 Å². The molecule has 1 fully saturated rings. The molecule has 0 atom stereocenters. The first-order chi connectivity index (χ1) is 12.3. The average Bonchev–Trinajstić information content (AvgIpc) is 3.28. The van der Waals surface area contributed by atoms with E-state index in [1.54, 1.807) is 6.33 Å². The van der Waals surface area contributed by atoms with E-state index in [0.29, 0.717) is 5.92 Å². The van der Waals surface area contributed by atoms with E-state index < -0.39 is 0 Å². The zero-order chi connectivity index (χ0) is 16.8. The molecule has 4 aromatic heterocycles. The van der Waals surface area contributed by atoms with Gasteiger partial charge in [-0.25, -0.2) is 9.97 Å². The minimum atomic E-state index is 0.365. The second-order valence-corrected chi connectivity index (χ2v) is 6.50. The number of nitrogens with one attached hydrogen (secondary N) is 1. The molecule has 8 heteroatoms. The summed E-state index contributed by atoms with van der Waals surface area (Å²) in [6, 6.07) is 5.97. The summed E-state index contributed by atoms with van der Waals surface area (Å²) >= 11 is 0. The summed E-state index contributed by atoms with van der Waals surface area (Å²) in [5, 5.41) is 14.3. The highest BCUT2D eigenvalue weighted by Crippen LogP contribution is 2.31. The number of nitrogens with zero attached hydrogens (tertiary/aromatic N) is 7. The molecule has 0 unspecified atom stereocenters. The third-order valence-electron chi connectivity index (χ3n) is 4.91. The van der Waals surface area contributed by atoms with Gasteiger partial charge in [-0.15, -0.1) is 10.2 Å². The molecule has 8 nitrogen and oxygen atoms in total. The maximum absolute atomic E-state index is 4.58. The largest absolute Gasteiger partial charge is 0.356 e. The van der Waals surface area contributed by atoms with Crippen molar-refractivity contribution in [1.82, 2.24) is 34.8 Å². The Morgan fingerprint density at radius 1 is 1.08 bits per heavy atom. The lowest BCUT2D eigenvalue weighted by atomic mass is 9.96. The smallest absolute Gasteiger partial charge is 0.177 e. The predicted molar refractivity (Wildman–Crippen MR) is 93.6 cm³/mol. The molecule has 1 N–H and O–H groups in total. The van der Waals surface area contributed by atoms with Gasteiger partial charge in [0.2, 0.25) is 0 Å². The second kappa shape index (κ2) is 5.51. The van der Waals surface area contributed by atoms with Crippen LogP contribution in [-0.2, 0) is 0 Å². The van der Waals surface area contributed by atoms with Gasteiger partial charge >= 0.3 is 0 Å². The fourth-order valence-electron chi connectivity index (χ4n) is 3.61. The SMILES string of the molecule is Cc1ccc2nnc(C3CCN(c4ncnc5[nH]ccc45)CC3)n2n1. The molecule has 0 spiro atoms. The summed E-state index contributed by atoms with van der Waals surface area (Å²) in [5.41, 5.74) is 2.67. The Bertz CT molecular complexity index is 1040. The predicted octanol–water partition coefficient (Wildman–Crippen LogP) is 2.09. The van der Waals surface area contributed by atoms with Gasteiger partial charge in [0, 0.05) is 25.2 Å². The van der Waals surface area contributed by atoms with Crippen LogP contribution >= 0.6 is 0 Å². The Labute approximate surface area is 143 Å². The highest BCUT2D eigenvalue weighted by atomic mass is 15.4. The topological polar surface area (TPSA) is 87.9 Å². The van der Waals surface area contributed by atoms with Crippen LogP contribution in [0.5, 0.6) is 0 Å². The lowest BCUT2D eigenvalue weighted by Crippen LogP contribution is -2.34. The van der Waals surface area contributed by atoms with Crippen LogP contribution in [-0.4, -0.2) is 47.9 Å². The molecule has 1 saturated heterocycles. The van der Waals surface area contributed by atoms with Crippen molar-refractivity contribution in [3.8, 4) is 0 Å². The van der Waals surface area contributed by atoms with Crippen LogP contribution in [0.3, 0.4) is 0 Å². The Balaban J connectivity index is 1.41. The van der Waals surface area contributed by atoms with E-state index in [1.807, 2.05) is 35.8 Å². The molecule has 0 radical (unpaired) electrons. The summed E-state index contributed by atoms with van der Waals surface area (Å²) < 4.78 is 1.89. The van der Waals surface area contributed by atoms with Gasteiger partial charge in [0.1, 0.15) is 17.8 Å². The lowest BCUT2D eigenvalue weighted by molar-refractivity contribution is 0.475. The summed E-state index contributed by atoms with van der Waals surface area (Å²) in [6.07, 6.45) is 5.55. The zero-order valence-corrected chi connectivity index (χ0v) is 13.9. The number of hydrogen-bond acceptors (Lipinski definition) is 6. The normalized spacial score (nSPS) is 16.1. The number of hydrogen-bond donors (Lipinski definition) is 1. The quantitative estimate of drug-likeness (QED) is 0.604. The molecular formula is C17H18N8. The molecule has 5 heterocycles. The van der Waals surface area contributed by atoms with E-state index in [0.717, 1.165) is 59.9 Å². The number of aromatic nitrogens is 7. The monoisotopic (exact) mass is 334 g/mol. The molecule has 5 rings (SSSR count). The number of fused-ring (bicyclic) bond motifs is 2. The van der Waals surface area contributed by atoms with Crippen LogP contribution in [0.2, 0.25) is 0 Å². The van der Waals surface area contributed by atoms with Crippen LogP contribution in [0.25, 0.3) is 16.7 Å². The van der Waals surface area contributed by atoms with E-state index in [1.165, 1.54) is 0 Å². The number of aromatic amines is 1. The maximum Gasteiger partial charge on any atom is 0.177 e. The van der Waals surface area contributed by atoms with E-state index in [2.05, 4.69) is 35.1 Å². The molecule has 0 bridgehead atoms. The molecule has 0 aromatic carbocycles. The molecule has 4 aromatic rings. The number of H-pyrrole nitrogens is 1. The van der Waals surface area contributed by atoms with Crippen LogP contribution in [0, 0.1) is 6.92 Å². The Morgan fingerprint density at radius 3 is 2.84 bits per heavy atom. The minimum Gasteiger partial charge on any atom is -0.356 e. The van der Waals surface area contributed by atoms with Crippen molar-refractivity contribution >= 4 is 22.5 Å². The Hall–Kier alpha value is -3.03. The van der Waals surface area contributed by atoms with E-state index in [-0.39, 0.29) is 0 Å². The van der Waals surface area contributed by atoms with Crippen LogP contribution < -0.4 is 4.90 Å². The number of rotatable bonds is 2. The van der Waals surface area contributed by atoms with E-state index >= 15 is 0 Å². The zero-order valence-electron chi connectivity index (χ0n) is 13.9. The van der Waals surface area contributed by atoms with E-state index in [9.17, 15) is 0 Å². The lowest BCUT2D eigenvalue weighted by Gasteiger charge is -2.32. The van der Waals surface area contributed by atoms with Gasteiger partial charge in [-0.05, 0) is 38.0 Å². The van der Waals surface area contributed by atoms with Crippen molar-refractivity contribution in [1.29, 1.82) is 0 Å². The fourth-order valence-corrected chi connectivity index (χ4v) is 3.61. The Morgan fingerprint density at radius 2 is 1.96 bits per heavy atom. The van der Waals surface area contributed by atoms with Crippen molar-refractivity contribution in [2.45, 2.75) is 25.7 Å². The molecule has 1 aliphatic heterocycles.